The standard InChI is InChI=1S/C14H14BrN/c1-9-7-10(2)13(11(3)8-9)14-12(15)5-4-6-16-14/h4-8H,1-3H3. The predicted molar refractivity (Wildman–Crippen MR) is 71.6 cm³/mol. The molecule has 16 heavy (non-hydrogen) atoms. The molecule has 0 aliphatic heterocycles. The first-order chi connectivity index (χ1) is 7.59. The number of rotatable bonds is 1. The third kappa shape index (κ3) is 2.03. The van der Waals surface area contributed by atoms with E-state index in [4.69, 9.17) is 0 Å². The predicted octanol–water partition coefficient (Wildman–Crippen LogP) is 4.44. The Balaban J connectivity index is 2.70. The highest BCUT2D eigenvalue weighted by Gasteiger charge is 2.10. The summed E-state index contributed by atoms with van der Waals surface area (Å²) in [5, 5.41) is 0. The number of benzene rings is 1. The molecule has 1 aromatic heterocycles. The van der Waals surface area contributed by atoms with Crippen LogP contribution < -0.4 is 0 Å². The quantitative estimate of drug-likeness (QED) is 0.750. The van der Waals surface area contributed by atoms with Gasteiger partial charge in [0.05, 0.1) is 5.69 Å². The number of hydrogen-bond donors (Lipinski definition) is 0. The minimum Gasteiger partial charge on any atom is -0.255 e. The van der Waals surface area contributed by atoms with Gasteiger partial charge in [0.25, 0.3) is 0 Å². The molecule has 1 aromatic carbocycles. The fraction of sp³-hybridized carbons (Fsp3) is 0.214. The average Bonchev–Trinajstić information content (AvgIpc) is 2.19. The molecule has 0 saturated heterocycles. The molecule has 0 spiro atoms. The third-order valence-corrected chi connectivity index (χ3v) is 3.31. The van der Waals surface area contributed by atoms with Crippen LogP contribution in [0.2, 0.25) is 0 Å². The fourth-order valence-corrected chi connectivity index (χ4v) is 2.58. The lowest BCUT2D eigenvalue weighted by atomic mass is 9.97. The van der Waals surface area contributed by atoms with Gasteiger partial charge < -0.3 is 0 Å². The summed E-state index contributed by atoms with van der Waals surface area (Å²) in [6.07, 6.45) is 1.83. The Morgan fingerprint density at radius 3 is 2.25 bits per heavy atom. The molecule has 0 radical (unpaired) electrons. The minimum atomic E-state index is 1.03. The zero-order valence-corrected chi connectivity index (χ0v) is 11.3. The average molecular weight is 276 g/mol. The van der Waals surface area contributed by atoms with Gasteiger partial charge in [-0.15, -0.1) is 0 Å². The second kappa shape index (κ2) is 4.38. The lowest BCUT2D eigenvalue weighted by Gasteiger charge is -2.11. The molecule has 0 fully saturated rings. The van der Waals surface area contributed by atoms with E-state index in [0.717, 1.165) is 10.2 Å². The van der Waals surface area contributed by atoms with E-state index in [0.29, 0.717) is 0 Å². The molecule has 2 aromatic rings. The Morgan fingerprint density at radius 1 is 1.06 bits per heavy atom. The van der Waals surface area contributed by atoms with Crippen LogP contribution in [0.15, 0.2) is 34.9 Å². The van der Waals surface area contributed by atoms with Crippen molar-refractivity contribution in [3.05, 3.63) is 51.6 Å². The van der Waals surface area contributed by atoms with Gasteiger partial charge in [-0.05, 0) is 60.0 Å². The Kier molecular flexibility index (Phi) is 3.10. The maximum atomic E-state index is 4.45. The first kappa shape index (κ1) is 11.3. The van der Waals surface area contributed by atoms with Gasteiger partial charge in [0.15, 0.2) is 0 Å². The fourth-order valence-electron chi connectivity index (χ4n) is 2.12. The Morgan fingerprint density at radius 2 is 1.69 bits per heavy atom. The molecule has 0 atom stereocenters. The van der Waals surface area contributed by atoms with Gasteiger partial charge in [-0.1, -0.05) is 17.7 Å². The largest absolute Gasteiger partial charge is 0.255 e. The smallest absolute Gasteiger partial charge is 0.0849 e. The molecular weight excluding hydrogens is 262 g/mol. The van der Waals surface area contributed by atoms with Crippen LogP contribution in [0.5, 0.6) is 0 Å². The first-order valence-corrected chi connectivity index (χ1v) is 6.07. The number of hydrogen-bond acceptors (Lipinski definition) is 1. The van der Waals surface area contributed by atoms with Crippen molar-refractivity contribution in [2.24, 2.45) is 0 Å². The van der Waals surface area contributed by atoms with Gasteiger partial charge in [0.1, 0.15) is 0 Å². The van der Waals surface area contributed by atoms with Gasteiger partial charge >= 0.3 is 0 Å². The van der Waals surface area contributed by atoms with E-state index in [1.807, 2.05) is 18.3 Å². The van der Waals surface area contributed by atoms with Crippen LogP contribution in [0.4, 0.5) is 0 Å². The molecule has 1 heterocycles. The number of halogens is 1. The van der Waals surface area contributed by atoms with Crippen molar-refractivity contribution in [1.82, 2.24) is 4.98 Å². The molecule has 82 valence electrons. The zero-order chi connectivity index (χ0) is 11.7. The molecule has 0 unspecified atom stereocenters. The number of pyridine rings is 1. The summed E-state index contributed by atoms with van der Waals surface area (Å²) < 4.78 is 1.05. The normalized spacial score (nSPS) is 10.5. The summed E-state index contributed by atoms with van der Waals surface area (Å²) in [4.78, 5) is 4.45. The van der Waals surface area contributed by atoms with Crippen LogP contribution in [-0.2, 0) is 0 Å². The van der Waals surface area contributed by atoms with Gasteiger partial charge in [-0.3, -0.25) is 4.98 Å². The van der Waals surface area contributed by atoms with E-state index < -0.39 is 0 Å². The molecule has 0 aliphatic carbocycles. The maximum Gasteiger partial charge on any atom is 0.0849 e. The second-order valence-corrected chi connectivity index (χ2v) is 4.96. The van der Waals surface area contributed by atoms with Crippen molar-refractivity contribution in [2.45, 2.75) is 20.8 Å². The van der Waals surface area contributed by atoms with Crippen molar-refractivity contribution >= 4 is 15.9 Å². The SMILES string of the molecule is Cc1cc(C)c(-c2ncccc2Br)c(C)c1. The van der Waals surface area contributed by atoms with Crippen LogP contribution in [-0.4, -0.2) is 4.98 Å². The second-order valence-electron chi connectivity index (χ2n) is 4.11. The third-order valence-electron chi connectivity index (χ3n) is 2.67. The van der Waals surface area contributed by atoms with E-state index in [1.54, 1.807) is 0 Å². The van der Waals surface area contributed by atoms with E-state index in [1.165, 1.54) is 22.3 Å². The Hall–Kier alpha value is -1.15. The monoisotopic (exact) mass is 275 g/mol. The van der Waals surface area contributed by atoms with Gasteiger partial charge in [-0.2, -0.15) is 0 Å². The topological polar surface area (TPSA) is 12.9 Å². The lowest BCUT2D eigenvalue weighted by Crippen LogP contribution is -1.93. The first-order valence-electron chi connectivity index (χ1n) is 5.28. The van der Waals surface area contributed by atoms with Gasteiger partial charge in [-0.25, -0.2) is 0 Å². The number of nitrogens with zero attached hydrogens (tertiary/aromatic N) is 1. The summed E-state index contributed by atoms with van der Waals surface area (Å²) in [7, 11) is 0. The number of aromatic nitrogens is 1. The molecule has 2 heteroatoms. The summed E-state index contributed by atoms with van der Waals surface area (Å²) in [5.41, 5.74) is 6.11. The molecule has 0 bridgehead atoms. The van der Waals surface area contributed by atoms with Crippen LogP contribution in [0, 0.1) is 20.8 Å². The molecule has 0 N–H and O–H groups in total. The van der Waals surface area contributed by atoms with Crippen LogP contribution >= 0.6 is 15.9 Å². The molecule has 1 nitrogen and oxygen atoms in total. The van der Waals surface area contributed by atoms with Crippen LogP contribution in [0.1, 0.15) is 16.7 Å². The molecule has 0 amide bonds. The Bertz CT molecular complexity index is 509. The highest BCUT2D eigenvalue weighted by Crippen LogP contribution is 2.31. The van der Waals surface area contributed by atoms with Crippen molar-refractivity contribution in [3.8, 4) is 11.3 Å². The van der Waals surface area contributed by atoms with E-state index in [9.17, 15) is 0 Å². The van der Waals surface area contributed by atoms with E-state index in [2.05, 4.69) is 53.8 Å². The highest BCUT2D eigenvalue weighted by molar-refractivity contribution is 9.10. The van der Waals surface area contributed by atoms with Crippen molar-refractivity contribution in [1.29, 1.82) is 0 Å². The minimum absolute atomic E-state index is 1.03. The molecule has 2 rings (SSSR count). The molecular formula is C14H14BrN. The van der Waals surface area contributed by atoms with Crippen LogP contribution in [0.3, 0.4) is 0 Å². The molecule has 0 aliphatic rings. The van der Waals surface area contributed by atoms with Crippen LogP contribution in [0.25, 0.3) is 11.3 Å². The van der Waals surface area contributed by atoms with Crippen molar-refractivity contribution < 1.29 is 0 Å². The summed E-state index contributed by atoms with van der Waals surface area (Å²) in [5.74, 6) is 0. The number of aryl methyl sites for hydroxylation is 3. The molecule has 0 saturated carbocycles. The van der Waals surface area contributed by atoms with E-state index in [-0.39, 0.29) is 0 Å². The lowest BCUT2D eigenvalue weighted by molar-refractivity contribution is 1.25. The van der Waals surface area contributed by atoms with E-state index >= 15 is 0 Å². The van der Waals surface area contributed by atoms with Crippen molar-refractivity contribution in [2.75, 3.05) is 0 Å². The van der Waals surface area contributed by atoms with Gasteiger partial charge in [0, 0.05) is 16.2 Å². The summed E-state index contributed by atoms with van der Waals surface area (Å²) >= 11 is 3.56. The maximum absolute atomic E-state index is 4.45. The summed E-state index contributed by atoms with van der Waals surface area (Å²) in [6, 6.07) is 8.36. The van der Waals surface area contributed by atoms with Gasteiger partial charge in [0.2, 0.25) is 0 Å². The van der Waals surface area contributed by atoms with Crippen molar-refractivity contribution in [3.63, 3.8) is 0 Å². The highest BCUT2D eigenvalue weighted by atomic mass is 79.9. The summed E-state index contributed by atoms with van der Waals surface area (Å²) in [6.45, 7) is 6.39. The Labute approximate surface area is 105 Å². The zero-order valence-electron chi connectivity index (χ0n) is 9.71.